The highest BCUT2D eigenvalue weighted by Crippen LogP contribution is 2.33. The van der Waals surface area contributed by atoms with Gasteiger partial charge in [-0.1, -0.05) is 18.2 Å². The number of aromatic nitrogens is 1. The molecule has 162 valence electrons. The molecule has 8 nitrogen and oxygen atoms in total. The lowest BCUT2D eigenvalue weighted by Crippen LogP contribution is -2.27. The van der Waals surface area contributed by atoms with Crippen LogP contribution in [-0.4, -0.2) is 55.9 Å². The molecule has 0 aliphatic carbocycles. The molecule has 31 heavy (non-hydrogen) atoms. The summed E-state index contributed by atoms with van der Waals surface area (Å²) in [6, 6.07) is 14.6. The van der Waals surface area contributed by atoms with E-state index in [4.69, 9.17) is 24.3 Å². The second-order valence-corrected chi connectivity index (χ2v) is 6.65. The van der Waals surface area contributed by atoms with Crippen molar-refractivity contribution in [2.45, 2.75) is 6.42 Å². The molecule has 0 aliphatic heterocycles. The normalized spacial score (nSPS) is 10.6. The third kappa shape index (κ3) is 5.49. The number of benzene rings is 2. The van der Waals surface area contributed by atoms with E-state index in [0.29, 0.717) is 28.3 Å². The Balaban J connectivity index is 1.84. The number of carbonyl (C=O) groups is 2. The molecule has 0 atom stereocenters. The van der Waals surface area contributed by atoms with Crippen molar-refractivity contribution >= 4 is 22.8 Å². The average molecular weight is 424 g/mol. The molecule has 0 fully saturated rings. The number of para-hydroxylation sites is 1. The molecular weight excluding hydrogens is 400 g/mol. The Morgan fingerprint density at radius 2 is 1.77 bits per heavy atom. The Kier molecular flexibility index (Phi) is 7.40. The molecule has 0 saturated heterocycles. The van der Waals surface area contributed by atoms with Crippen LogP contribution in [0.2, 0.25) is 0 Å². The fourth-order valence-corrected chi connectivity index (χ4v) is 3.10. The number of nitrogens with zero attached hydrogens (tertiary/aromatic N) is 1. The summed E-state index contributed by atoms with van der Waals surface area (Å²) in [7, 11) is 3.13. The van der Waals surface area contributed by atoms with Crippen LogP contribution in [0.5, 0.6) is 11.5 Å². The van der Waals surface area contributed by atoms with Gasteiger partial charge in [-0.25, -0.2) is 4.98 Å². The van der Waals surface area contributed by atoms with Gasteiger partial charge in [0.15, 0.2) is 11.5 Å². The van der Waals surface area contributed by atoms with E-state index in [1.165, 1.54) is 0 Å². The van der Waals surface area contributed by atoms with Gasteiger partial charge < -0.3 is 24.6 Å². The van der Waals surface area contributed by atoms with Gasteiger partial charge >= 0.3 is 5.97 Å². The zero-order valence-electron chi connectivity index (χ0n) is 17.4. The molecule has 3 rings (SSSR count). The van der Waals surface area contributed by atoms with Gasteiger partial charge in [0.2, 0.25) is 0 Å². The molecule has 0 saturated carbocycles. The number of carboxylic acid groups (broad SMARTS) is 1. The first-order valence-electron chi connectivity index (χ1n) is 9.73. The molecule has 8 heteroatoms. The molecule has 3 aromatic rings. The zero-order chi connectivity index (χ0) is 22.2. The molecule has 0 aliphatic rings. The second kappa shape index (κ2) is 10.4. The molecular formula is C23H24N2O6. The van der Waals surface area contributed by atoms with Gasteiger partial charge in [-0.15, -0.1) is 0 Å². The smallest absolute Gasteiger partial charge is 0.305 e. The van der Waals surface area contributed by atoms with Crippen molar-refractivity contribution in [2.24, 2.45) is 0 Å². The van der Waals surface area contributed by atoms with E-state index in [1.54, 1.807) is 26.4 Å². The molecule has 0 spiro atoms. The summed E-state index contributed by atoms with van der Waals surface area (Å²) in [5, 5.41) is 12.2. The first-order chi connectivity index (χ1) is 15.0. The van der Waals surface area contributed by atoms with Crippen LogP contribution in [0, 0.1) is 0 Å². The minimum atomic E-state index is -0.921. The lowest BCUT2D eigenvalue weighted by molar-refractivity contribution is -0.138. The summed E-state index contributed by atoms with van der Waals surface area (Å²) in [6.07, 6.45) is -0.0718. The molecule has 1 heterocycles. The number of pyridine rings is 1. The summed E-state index contributed by atoms with van der Waals surface area (Å²) in [5.74, 6) is -0.00971. The first-order valence-corrected chi connectivity index (χ1v) is 9.73. The average Bonchev–Trinajstić information content (AvgIpc) is 2.79. The number of fused-ring (bicyclic) bond motifs is 1. The second-order valence-electron chi connectivity index (χ2n) is 6.65. The number of aliphatic carboxylic acids is 1. The maximum Gasteiger partial charge on any atom is 0.305 e. The number of methoxy groups -OCH3 is 2. The molecule has 2 aromatic carbocycles. The van der Waals surface area contributed by atoms with Crippen LogP contribution in [0.3, 0.4) is 0 Å². The van der Waals surface area contributed by atoms with Gasteiger partial charge in [-0.05, 0) is 30.3 Å². The molecule has 0 radical (unpaired) electrons. The molecule has 1 amide bonds. The van der Waals surface area contributed by atoms with Crippen molar-refractivity contribution in [2.75, 3.05) is 34.0 Å². The number of hydrogen-bond donors (Lipinski definition) is 2. The first kappa shape index (κ1) is 22.0. The summed E-state index contributed by atoms with van der Waals surface area (Å²) in [5.41, 5.74) is 2.59. The van der Waals surface area contributed by atoms with Crippen LogP contribution in [0.4, 0.5) is 0 Å². The van der Waals surface area contributed by atoms with Gasteiger partial charge in [0.1, 0.15) is 0 Å². The summed E-state index contributed by atoms with van der Waals surface area (Å²) >= 11 is 0. The Hall–Kier alpha value is -3.65. The minimum Gasteiger partial charge on any atom is -0.493 e. The Bertz CT molecular complexity index is 1080. The fourth-order valence-electron chi connectivity index (χ4n) is 3.10. The standard InChI is InChI=1S/C23H24N2O6/c1-29-20-8-7-15(13-21(20)30-2)19-14-17(16-5-3-4-6-18(16)25-19)23(28)24-10-12-31-11-9-22(26)27/h3-8,13-14H,9-12H2,1-2H3,(H,24,28)(H,26,27). The Morgan fingerprint density at radius 3 is 2.52 bits per heavy atom. The monoisotopic (exact) mass is 424 g/mol. The van der Waals surface area contributed by atoms with E-state index in [-0.39, 0.29) is 32.1 Å². The maximum atomic E-state index is 12.9. The highest BCUT2D eigenvalue weighted by Gasteiger charge is 2.15. The van der Waals surface area contributed by atoms with Gasteiger partial charge in [-0.2, -0.15) is 0 Å². The lowest BCUT2D eigenvalue weighted by atomic mass is 10.0. The van der Waals surface area contributed by atoms with Crippen LogP contribution < -0.4 is 14.8 Å². The summed E-state index contributed by atoms with van der Waals surface area (Å²) in [4.78, 5) is 28.1. The lowest BCUT2D eigenvalue weighted by Gasteiger charge is -2.12. The Labute approximate surface area is 179 Å². The third-order valence-electron chi connectivity index (χ3n) is 4.63. The van der Waals surface area contributed by atoms with E-state index in [2.05, 4.69) is 5.32 Å². The van der Waals surface area contributed by atoms with Gasteiger partial charge in [0.25, 0.3) is 5.91 Å². The van der Waals surface area contributed by atoms with Crippen molar-refractivity contribution in [1.29, 1.82) is 0 Å². The fraction of sp³-hybridized carbons (Fsp3) is 0.261. The minimum absolute atomic E-state index is 0.0718. The van der Waals surface area contributed by atoms with Gasteiger partial charge in [-0.3, -0.25) is 9.59 Å². The highest BCUT2D eigenvalue weighted by atomic mass is 16.5. The molecule has 1 aromatic heterocycles. The van der Waals surface area contributed by atoms with Crippen molar-refractivity contribution < 1.29 is 28.9 Å². The topological polar surface area (TPSA) is 107 Å². The highest BCUT2D eigenvalue weighted by molar-refractivity contribution is 6.07. The number of carboxylic acids is 1. The van der Waals surface area contributed by atoms with Crippen LogP contribution in [-0.2, 0) is 9.53 Å². The Morgan fingerprint density at radius 1 is 1.00 bits per heavy atom. The van der Waals surface area contributed by atoms with Gasteiger partial charge in [0.05, 0.1) is 50.6 Å². The number of nitrogens with one attached hydrogen (secondary N) is 1. The molecule has 0 unspecified atom stereocenters. The van der Waals surface area contributed by atoms with Crippen LogP contribution in [0.25, 0.3) is 22.2 Å². The van der Waals surface area contributed by atoms with Crippen molar-refractivity contribution in [1.82, 2.24) is 10.3 Å². The molecule has 0 bridgehead atoms. The summed E-state index contributed by atoms with van der Waals surface area (Å²) < 4.78 is 15.9. The third-order valence-corrected chi connectivity index (χ3v) is 4.63. The molecule has 2 N–H and O–H groups in total. The number of rotatable bonds is 10. The largest absolute Gasteiger partial charge is 0.493 e. The number of ether oxygens (including phenoxy) is 3. The van der Waals surface area contributed by atoms with E-state index in [0.717, 1.165) is 10.9 Å². The SMILES string of the molecule is COc1ccc(-c2cc(C(=O)NCCOCCC(=O)O)c3ccccc3n2)cc1OC. The van der Waals surface area contributed by atoms with E-state index >= 15 is 0 Å². The van der Waals surface area contributed by atoms with Crippen molar-refractivity contribution in [3.05, 3.63) is 54.1 Å². The predicted molar refractivity (Wildman–Crippen MR) is 116 cm³/mol. The summed E-state index contributed by atoms with van der Waals surface area (Å²) in [6.45, 7) is 0.595. The van der Waals surface area contributed by atoms with Crippen LogP contribution in [0.1, 0.15) is 16.8 Å². The number of carbonyl (C=O) groups excluding carboxylic acids is 1. The van der Waals surface area contributed by atoms with E-state index in [9.17, 15) is 9.59 Å². The number of amides is 1. The maximum absolute atomic E-state index is 12.9. The predicted octanol–water partition coefficient (Wildman–Crippen LogP) is 3.14. The van der Waals surface area contributed by atoms with Crippen LogP contribution in [0.15, 0.2) is 48.5 Å². The van der Waals surface area contributed by atoms with E-state index < -0.39 is 5.97 Å². The van der Waals surface area contributed by atoms with E-state index in [1.807, 2.05) is 36.4 Å². The van der Waals surface area contributed by atoms with Crippen molar-refractivity contribution in [3.63, 3.8) is 0 Å². The quantitative estimate of drug-likeness (QED) is 0.482. The van der Waals surface area contributed by atoms with Crippen molar-refractivity contribution in [3.8, 4) is 22.8 Å². The zero-order valence-corrected chi connectivity index (χ0v) is 17.4. The van der Waals surface area contributed by atoms with Gasteiger partial charge in [0, 0.05) is 17.5 Å². The van der Waals surface area contributed by atoms with Crippen LogP contribution >= 0.6 is 0 Å². The number of hydrogen-bond acceptors (Lipinski definition) is 6.